The van der Waals surface area contributed by atoms with Crippen LogP contribution >= 0.6 is 0 Å². The van der Waals surface area contributed by atoms with Crippen LogP contribution in [0.3, 0.4) is 0 Å². The zero-order valence-electron chi connectivity index (χ0n) is 20.5. The molecule has 6 nitrogen and oxygen atoms in total. The third-order valence-corrected chi connectivity index (χ3v) is 5.37. The molecular formula is C28H36O6. The first-order valence-electron chi connectivity index (χ1n) is 12.2. The Balaban J connectivity index is 1.83. The zero-order valence-corrected chi connectivity index (χ0v) is 20.5. The summed E-state index contributed by atoms with van der Waals surface area (Å²) in [5, 5.41) is 0. The third kappa shape index (κ3) is 9.38. The molecule has 0 heterocycles. The van der Waals surface area contributed by atoms with Crippen molar-refractivity contribution in [2.45, 2.75) is 78.2 Å². The van der Waals surface area contributed by atoms with Gasteiger partial charge >= 0.3 is 11.9 Å². The first-order chi connectivity index (χ1) is 16.4. The van der Waals surface area contributed by atoms with E-state index in [0.29, 0.717) is 29.9 Å². The summed E-state index contributed by atoms with van der Waals surface area (Å²) in [6.45, 7) is 6.45. The summed E-state index contributed by atoms with van der Waals surface area (Å²) in [5.41, 5.74) is 0.788. The molecule has 0 aromatic heterocycles. The standard InChI is InChI=1S/C28H36O6/c1-4-6-8-10-20-32-24-16-14-23(15-17-24)28(31)34-25-18-12-22(13-19-25)27(30)21(3)33-26(29)11-9-7-5-2/h12-19,21H,4-11,20H2,1-3H3. The monoisotopic (exact) mass is 468 g/mol. The van der Waals surface area contributed by atoms with Crippen molar-refractivity contribution in [1.82, 2.24) is 0 Å². The van der Waals surface area contributed by atoms with Gasteiger partial charge in [0.05, 0.1) is 12.2 Å². The lowest BCUT2D eigenvalue weighted by atomic mass is 10.1. The minimum Gasteiger partial charge on any atom is -0.494 e. The maximum absolute atomic E-state index is 12.5. The number of carbonyl (C=O) groups excluding carboxylic acids is 3. The highest BCUT2D eigenvalue weighted by atomic mass is 16.5. The lowest BCUT2D eigenvalue weighted by Crippen LogP contribution is -2.24. The molecule has 2 aromatic rings. The van der Waals surface area contributed by atoms with Crippen molar-refractivity contribution >= 4 is 17.7 Å². The number of carbonyl (C=O) groups is 3. The van der Waals surface area contributed by atoms with Crippen molar-refractivity contribution in [3.05, 3.63) is 59.7 Å². The molecule has 0 saturated carbocycles. The molecule has 0 aliphatic carbocycles. The largest absolute Gasteiger partial charge is 0.494 e. The second kappa shape index (κ2) is 14.9. The molecular weight excluding hydrogens is 432 g/mol. The summed E-state index contributed by atoms with van der Waals surface area (Å²) in [7, 11) is 0. The predicted molar refractivity (Wildman–Crippen MR) is 132 cm³/mol. The van der Waals surface area contributed by atoms with Crippen LogP contribution in [0.5, 0.6) is 11.5 Å². The van der Waals surface area contributed by atoms with Crippen molar-refractivity contribution in [3.63, 3.8) is 0 Å². The predicted octanol–water partition coefficient (Wildman–Crippen LogP) is 6.56. The molecule has 34 heavy (non-hydrogen) atoms. The first-order valence-corrected chi connectivity index (χ1v) is 12.2. The van der Waals surface area contributed by atoms with Crippen LogP contribution in [-0.4, -0.2) is 30.4 Å². The molecule has 0 radical (unpaired) electrons. The molecule has 1 atom stereocenters. The smallest absolute Gasteiger partial charge is 0.343 e. The number of benzene rings is 2. The average molecular weight is 469 g/mol. The van der Waals surface area contributed by atoms with Crippen LogP contribution in [0.15, 0.2) is 48.5 Å². The van der Waals surface area contributed by atoms with Gasteiger partial charge in [0.2, 0.25) is 5.78 Å². The maximum Gasteiger partial charge on any atom is 0.343 e. The van der Waals surface area contributed by atoms with Gasteiger partial charge in [-0.2, -0.15) is 0 Å². The van der Waals surface area contributed by atoms with Gasteiger partial charge in [-0.1, -0.05) is 46.0 Å². The van der Waals surface area contributed by atoms with Crippen molar-refractivity contribution in [2.24, 2.45) is 0 Å². The summed E-state index contributed by atoms with van der Waals surface area (Å²) < 4.78 is 16.3. The molecule has 0 spiro atoms. The van der Waals surface area contributed by atoms with Crippen molar-refractivity contribution in [3.8, 4) is 11.5 Å². The molecule has 1 unspecified atom stereocenters. The third-order valence-electron chi connectivity index (χ3n) is 5.37. The SMILES string of the molecule is CCCCCCOc1ccc(C(=O)Oc2ccc(C(=O)C(C)OC(=O)CCCCC)cc2)cc1. The van der Waals surface area contributed by atoms with E-state index < -0.39 is 12.1 Å². The molecule has 0 aliphatic heterocycles. The lowest BCUT2D eigenvalue weighted by molar-refractivity contribution is -0.146. The molecule has 6 heteroatoms. The van der Waals surface area contributed by atoms with E-state index in [4.69, 9.17) is 14.2 Å². The van der Waals surface area contributed by atoms with Gasteiger partial charge in [0, 0.05) is 12.0 Å². The number of ether oxygens (including phenoxy) is 3. The quantitative estimate of drug-likeness (QED) is 0.127. The van der Waals surface area contributed by atoms with Crippen LogP contribution in [0.2, 0.25) is 0 Å². The number of Topliss-reactive ketones (excluding diaryl/α,β-unsaturated/α-hetero) is 1. The maximum atomic E-state index is 12.5. The minimum absolute atomic E-state index is 0.299. The summed E-state index contributed by atoms with van der Waals surface area (Å²) in [4.78, 5) is 36.8. The fraction of sp³-hybridized carbons (Fsp3) is 0.464. The fourth-order valence-electron chi connectivity index (χ4n) is 3.32. The van der Waals surface area contributed by atoms with E-state index in [1.54, 1.807) is 55.5 Å². The van der Waals surface area contributed by atoms with E-state index in [1.807, 2.05) is 0 Å². The summed E-state index contributed by atoms with van der Waals surface area (Å²) in [6.07, 6.45) is 6.71. The Bertz CT molecular complexity index is 901. The van der Waals surface area contributed by atoms with Gasteiger partial charge in [-0.15, -0.1) is 0 Å². The lowest BCUT2D eigenvalue weighted by Gasteiger charge is -2.13. The van der Waals surface area contributed by atoms with Gasteiger partial charge < -0.3 is 14.2 Å². The van der Waals surface area contributed by atoms with Gasteiger partial charge in [-0.05, 0) is 68.3 Å². The van der Waals surface area contributed by atoms with Crippen LogP contribution in [-0.2, 0) is 9.53 Å². The van der Waals surface area contributed by atoms with E-state index in [-0.39, 0.29) is 11.8 Å². The molecule has 2 aromatic carbocycles. The van der Waals surface area contributed by atoms with Crippen LogP contribution in [0.4, 0.5) is 0 Å². The molecule has 0 bridgehead atoms. The molecule has 0 amide bonds. The molecule has 0 saturated heterocycles. The highest BCUT2D eigenvalue weighted by molar-refractivity contribution is 6.00. The van der Waals surface area contributed by atoms with E-state index in [2.05, 4.69) is 13.8 Å². The number of ketones is 1. The zero-order chi connectivity index (χ0) is 24.8. The fourth-order valence-corrected chi connectivity index (χ4v) is 3.32. The Labute approximate surface area is 202 Å². The van der Waals surface area contributed by atoms with Gasteiger partial charge in [-0.25, -0.2) is 4.79 Å². The van der Waals surface area contributed by atoms with Crippen LogP contribution in [0, 0.1) is 0 Å². The number of hydrogen-bond acceptors (Lipinski definition) is 6. The van der Waals surface area contributed by atoms with Gasteiger partial charge in [-0.3, -0.25) is 9.59 Å². The van der Waals surface area contributed by atoms with Crippen molar-refractivity contribution < 1.29 is 28.6 Å². The molecule has 184 valence electrons. The Morgan fingerprint density at radius 2 is 1.32 bits per heavy atom. The second-order valence-electron chi connectivity index (χ2n) is 8.30. The molecule has 0 aliphatic rings. The average Bonchev–Trinajstić information content (AvgIpc) is 2.84. The van der Waals surface area contributed by atoms with E-state index in [1.165, 1.54) is 12.8 Å². The van der Waals surface area contributed by atoms with Gasteiger partial charge in [0.15, 0.2) is 6.10 Å². The first kappa shape index (κ1) is 27.1. The van der Waals surface area contributed by atoms with Gasteiger partial charge in [0.25, 0.3) is 0 Å². The Kier molecular flexibility index (Phi) is 11.9. The Morgan fingerprint density at radius 1 is 0.735 bits per heavy atom. The Hall–Kier alpha value is -3.15. The summed E-state index contributed by atoms with van der Waals surface area (Å²) in [6, 6.07) is 13.1. The summed E-state index contributed by atoms with van der Waals surface area (Å²) in [5.74, 6) is -0.124. The summed E-state index contributed by atoms with van der Waals surface area (Å²) >= 11 is 0. The normalized spacial score (nSPS) is 11.5. The number of esters is 2. The van der Waals surface area contributed by atoms with Gasteiger partial charge in [0.1, 0.15) is 11.5 Å². The van der Waals surface area contributed by atoms with Crippen molar-refractivity contribution in [2.75, 3.05) is 6.61 Å². The van der Waals surface area contributed by atoms with Crippen molar-refractivity contribution in [1.29, 1.82) is 0 Å². The number of rotatable bonds is 15. The van der Waals surface area contributed by atoms with Crippen LogP contribution in [0.1, 0.15) is 92.9 Å². The number of unbranched alkanes of at least 4 members (excludes halogenated alkanes) is 5. The Morgan fingerprint density at radius 3 is 1.97 bits per heavy atom. The van der Waals surface area contributed by atoms with E-state index >= 15 is 0 Å². The topological polar surface area (TPSA) is 78.9 Å². The highest BCUT2D eigenvalue weighted by Crippen LogP contribution is 2.18. The van der Waals surface area contributed by atoms with Crippen LogP contribution in [0.25, 0.3) is 0 Å². The molecule has 0 N–H and O–H groups in total. The van der Waals surface area contributed by atoms with Crippen LogP contribution < -0.4 is 9.47 Å². The van der Waals surface area contributed by atoms with E-state index in [9.17, 15) is 14.4 Å². The number of hydrogen-bond donors (Lipinski definition) is 0. The highest BCUT2D eigenvalue weighted by Gasteiger charge is 2.19. The molecule has 2 rings (SSSR count). The van der Waals surface area contributed by atoms with E-state index in [0.717, 1.165) is 37.9 Å². The minimum atomic E-state index is -0.866. The molecule has 0 fully saturated rings. The second-order valence-corrected chi connectivity index (χ2v) is 8.30.